The summed E-state index contributed by atoms with van der Waals surface area (Å²) < 4.78 is 11.4. The minimum Gasteiger partial charge on any atom is -0.484 e. The molecular weight excluding hydrogens is 412 g/mol. The Morgan fingerprint density at radius 2 is 1.78 bits per heavy atom. The van der Waals surface area contributed by atoms with E-state index in [-0.39, 0.29) is 49.5 Å². The van der Waals surface area contributed by atoms with Crippen molar-refractivity contribution < 1.29 is 29.0 Å². The van der Waals surface area contributed by atoms with Gasteiger partial charge in [0, 0.05) is 18.9 Å². The number of aliphatic carboxylic acids is 1. The predicted octanol–water partition coefficient (Wildman–Crippen LogP) is 2.29. The molecule has 1 aromatic rings. The quantitative estimate of drug-likeness (QED) is 0.318. The van der Waals surface area contributed by atoms with Crippen molar-refractivity contribution in [3.05, 3.63) is 42.5 Å². The number of amides is 2. The number of hydrogen-bond acceptors (Lipinski definition) is 5. The molecule has 2 amide bonds. The lowest BCUT2D eigenvalue weighted by atomic mass is 9.77. The van der Waals surface area contributed by atoms with Gasteiger partial charge < -0.3 is 25.2 Å². The van der Waals surface area contributed by atoms with Crippen LogP contribution in [0.4, 0.5) is 0 Å². The van der Waals surface area contributed by atoms with E-state index in [9.17, 15) is 14.4 Å². The van der Waals surface area contributed by atoms with Gasteiger partial charge >= 0.3 is 5.97 Å². The number of nitrogens with one attached hydrogen (secondary N) is 2. The number of carbonyl (C=O) groups is 3. The number of fused-ring (bicyclic) bond motifs is 2. The van der Waals surface area contributed by atoms with Crippen LogP contribution in [0.15, 0.2) is 42.5 Å². The Morgan fingerprint density at radius 1 is 1.03 bits per heavy atom. The molecule has 2 aliphatic heterocycles. The SMILES string of the molecule is O=C(O)CCCC=CC[C@H]1[C@@H](CNC(=O)CNC(=O)COc2ccccc2)[C@H]2CC[C@@H]1O2. The van der Waals surface area contributed by atoms with Crippen LogP contribution in [-0.2, 0) is 19.1 Å². The van der Waals surface area contributed by atoms with Crippen LogP contribution in [0.3, 0.4) is 0 Å². The van der Waals surface area contributed by atoms with Gasteiger partial charge in [-0.3, -0.25) is 14.4 Å². The van der Waals surface area contributed by atoms with E-state index in [1.165, 1.54) is 0 Å². The molecule has 2 fully saturated rings. The highest BCUT2D eigenvalue weighted by Crippen LogP contribution is 2.44. The van der Waals surface area contributed by atoms with E-state index in [1.807, 2.05) is 24.3 Å². The molecule has 3 N–H and O–H groups in total. The van der Waals surface area contributed by atoms with Crippen LogP contribution in [0.1, 0.15) is 38.5 Å². The second-order valence-electron chi connectivity index (χ2n) is 8.29. The maximum Gasteiger partial charge on any atom is 0.303 e. The minimum absolute atomic E-state index is 0.0905. The number of ether oxygens (including phenoxy) is 2. The third kappa shape index (κ3) is 7.37. The fourth-order valence-corrected chi connectivity index (χ4v) is 4.41. The van der Waals surface area contributed by atoms with E-state index >= 15 is 0 Å². The zero-order valence-electron chi connectivity index (χ0n) is 18.2. The van der Waals surface area contributed by atoms with Crippen molar-refractivity contribution in [3.8, 4) is 5.75 Å². The van der Waals surface area contributed by atoms with Crippen molar-refractivity contribution >= 4 is 17.8 Å². The molecule has 0 aromatic heterocycles. The summed E-state index contributed by atoms with van der Waals surface area (Å²) in [5, 5.41) is 14.2. The number of rotatable bonds is 13. The summed E-state index contributed by atoms with van der Waals surface area (Å²) in [7, 11) is 0. The number of allylic oxidation sites excluding steroid dienone is 2. The van der Waals surface area contributed by atoms with Crippen molar-refractivity contribution in [1.82, 2.24) is 10.6 Å². The standard InChI is InChI=1S/C24H32N2O6/c27-22(15-26-23(28)16-31-17-8-4-3-5-9-17)25-14-19-18(20-12-13-21(19)32-20)10-6-1-2-7-11-24(29)30/h1,3-6,8-9,18-21H,2,7,10-16H2,(H,25,27)(H,26,28)(H,29,30)/t18-,19+,20-,21+/m0/s1. The van der Waals surface area contributed by atoms with E-state index in [0.29, 0.717) is 24.6 Å². The minimum atomic E-state index is -0.768. The molecule has 8 heteroatoms. The number of carboxylic acids is 1. The Labute approximate surface area is 188 Å². The summed E-state index contributed by atoms with van der Waals surface area (Å²) in [5.41, 5.74) is 0. The van der Waals surface area contributed by atoms with Crippen LogP contribution in [-0.4, -0.2) is 54.8 Å². The molecule has 2 heterocycles. The lowest BCUT2D eigenvalue weighted by Gasteiger charge is -2.27. The molecule has 1 aromatic carbocycles. The summed E-state index contributed by atoms with van der Waals surface area (Å²) in [5.74, 6) is -0.153. The highest BCUT2D eigenvalue weighted by Gasteiger charge is 2.47. The first-order valence-corrected chi connectivity index (χ1v) is 11.3. The van der Waals surface area contributed by atoms with Crippen LogP contribution >= 0.6 is 0 Å². The van der Waals surface area contributed by atoms with Gasteiger partial charge in [-0.25, -0.2) is 0 Å². The lowest BCUT2D eigenvalue weighted by Crippen LogP contribution is -2.43. The second-order valence-corrected chi connectivity index (χ2v) is 8.29. The Hall–Kier alpha value is -2.87. The van der Waals surface area contributed by atoms with Crippen molar-refractivity contribution in [1.29, 1.82) is 0 Å². The maximum atomic E-state index is 12.2. The molecule has 174 valence electrons. The summed E-state index contributed by atoms with van der Waals surface area (Å²) in [6.45, 7) is 0.291. The molecule has 8 nitrogen and oxygen atoms in total. The largest absolute Gasteiger partial charge is 0.484 e. The average Bonchev–Trinajstić information content (AvgIpc) is 3.39. The number of hydrogen-bond donors (Lipinski definition) is 3. The van der Waals surface area contributed by atoms with Gasteiger partial charge in [0.2, 0.25) is 5.91 Å². The maximum absolute atomic E-state index is 12.2. The smallest absolute Gasteiger partial charge is 0.303 e. The third-order valence-corrected chi connectivity index (χ3v) is 6.02. The highest BCUT2D eigenvalue weighted by molar-refractivity contribution is 5.85. The highest BCUT2D eigenvalue weighted by atomic mass is 16.5. The summed E-state index contributed by atoms with van der Waals surface area (Å²) in [6, 6.07) is 9.03. The molecule has 0 aliphatic carbocycles. The Kier molecular flexibility index (Phi) is 9.10. The van der Waals surface area contributed by atoms with Gasteiger partial charge in [0.05, 0.1) is 18.8 Å². The zero-order valence-corrected chi connectivity index (χ0v) is 18.2. The molecule has 2 aliphatic rings. The van der Waals surface area contributed by atoms with Crippen molar-refractivity contribution in [2.24, 2.45) is 11.8 Å². The molecule has 0 saturated carbocycles. The monoisotopic (exact) mass is 444 g/mol. The van der Waals surface area contributed by atoms with Gasteiger partial charge in [0.25, 0.3) is 5.91 Å². The van der Waals surface area contributed by atoms with E-state index in [4.69, 9.17) is 14.6 Å². The number of carboxylic acid groups (broad SMARTS) is 1. The molecule has 4 atom stereocenters. The third-order valence-electron chi connectivity index (χ3n) is 6.02. The summed E-state index contributed by atoms with van der Waals surface area (Å²) in [6.07, 6.45) is 9.04. The molecule has 2 saturated heterocycles. The van der Waals surface area contributed by atoms with Crippen molar-refractivity contribution in [2.75, 3.05) is 19.7 Å². The van der Waals surface area contributed by atoms with Gasteiger partial charge in [-0.1, -0.05) is 30.4 Å². The number of benzene rings is 1. The van der Waals surface area contributed by atoms with Crippen LogP contribution < -0.4 is 15.4 Å². The number of carbonyl (C=O) groups excluding carboxylic acids is 2. The summed E-state index contributed by atoms with van der Waals surface area (Å²) in [4.78, 5) is 34.7. The Morgan fingerprint density at radius 3 is 2.53 bits per heavy atom. The first-order valence-electron chi connectivity index (χ1n) is 11.3. The summed E-state index contributed by atoms with van der Waals surface area (Å²) >= 11 is 0. The average molecular weight is 445 g/mol. The first-order chi connectivity index (χ1) is 15.5. The van der Waals surface area contributed by atoms with Crippen molar-refractivity contribution in [2.45, 2.75) is 50.7 Å². The van der Waals surface area contributed by atoms with Gasteiger partial charge in [-0.05, 0) is 50.2 Å². The fraction of sp³-hybridized carbons (Fsp3) is 0.542. The van der Waals surface area contributed by atoms with Crippen LogP contribution in [0.2, 0.25) is 0 Å². The Bertz CT molecular complexity index is 797. The van der Waals surface area contributed by atoms with E-state index in [2.05, 4.69) is 16.7 Å². The normalized spacial score (nSPS) is 23.9. The van der Waals surface area contributed by atoms with E-state index < -0.39 is 5.97 Å². The van der Waals surface area contributed by atoms with Gasteiger partial charge in [0.15, 0.2) is 6.61 Å². The van der Waals surface area contributed by atoms with Crippen LogP contribution in [0.25, 0.3) is 0 Å². The number of para-hydroxylation sites is 1. The van der Waals surface area contributed by atoms with Crippen molar-refractivity contribution in [3.63, 3.8) is 0 Å². The lowest BCUT2D eigenvalue weighted by molar-refractivity contribution is -0.137. The van der Waals surface area contributed by atoms with E-state index in [1.54, 1.807) is 12.1 Å². The second kappa shape index (κ2) is 12.2. The van der Waals surface area contributed by atoms with Crippen LogP contribution in [0.5, 0.6) is 5.75 Å². The first kappa shape index (κ1) is 23.8. The topological polar surface area (TPSA) is 114 Å². The predicted molar refractivity (Wildman–Crippen MR) is 118 cm³/mol. The molecule has 0 radical (unpaired) electrons. The van der Waals surface area contributed by atoms with E-state index in [0.717, 1.165) is 25.7 Å². The molecule has 3 rings (SSSR count). The van der Waals surface area contributed by atoms with Gasteiger partial charge in [-0.2, -0.15) is 0 Å². The zero-order chi connectivity index (χ0) is 22.8. The van der Waals surface area contributed by atoms with Gasteiger partial charge in [0.1, 0.15) is 5.75 Å². The molecule has 0 unspecified atom stereocenters. The molecule has 2 bridgehead atoms. The number of unbranched alkanes of at least 4 members (excludes halogenated alkanes) is 1. The molecule has 0 spiro atoms. The Balaban J connectivity index is 1.34. The van der Waals surface area contributed by atoms with Gasteiger partial charge in [-0.15, -0.1) is 0 Å². The fourth-order valence-electron chi connectivity index (χ4n) is 4.41. The van der Waals surface area contributed by atoms with Crippen LogP contribution in [0, 0.1) is 11.8 Å². The molecule has 32 heavy (non-hydrogen) atoms. The molecular formula is C24H32N2O6.